The molecule has 98 valence electrons. The minimum Gasteiger partial charge on any atom is -0.346 e. The van der Waals surface area contributed by atoms with E-state index in [-0.39, 0.29) is 11.9 Å². The van der Waals surface area contributed by atoms with Gasteiger partial charge in [0, 0.05) is 16.8 Å². The van der Waals surface area contributed by atoms with E-state index in [2.05, 4.69) is 10.3 Å². The van der Waals surface area contributed by atoms with E-state index in [9.17, 15) is 4.79 Å². The molecular formula is C14H12Cl2N2O. The predicted molar refractivity (Wildman–Crippen MR) is 76.6 cm³/mol. The van der Waals surface area contributed by atoms with E-state index in [1.165, 1.54) is 12.3 Å². The normalized spacial score (nSPS) is 11.9. The maximum atomic E-state index is 12.0. The number of carbonyl (C=O) groups is 1. The third-order valence-electron chi connectivity index (χ3n) is 2.69. The molecule has 0 fully saturated rings. The fourth-order valence-electron chi connectivity index (χ4n) is 1.68. The van der Waals surface area contributed by atoms with Crippen molar-refractivity contribution in [3.63, 3.8) is 0 Å². The quantitative estimate of drug-likeness (QED) is 0.873. The van der Waals surface area contributed by atoms with Crippen LogP contribution in [0.25, 0.3) is 0 Å². The summed E-state index contributed by atoms with van der Waals surface area (Å²) >= 11 is 11.7. The molecule has 1 heterocycles. The summed E-state index contributed by atoms with van der Waals surface area (Å²) in [5.74, 6) is -0.197. The number of nitrogens with one attached hydrogen (secondary N) is 1. The molecule has 0 aliphatic heterocycles. The average molecular weight is 295 g/mol. The smallest absolute Gasteiger partial charge is 0.251 e. The van der Waals surface area contributed by atoms with Crippen molar-refractivity contribution in [2.45, 2.75) is 13.0 Å². The van der Waals surface area contributed by atoms with E-state index >= 15 is 0 Å². The number of benzene rings is 1. The number of hydrogen-bond donors (Lipinski definition) is 1. The van der Waals surface area contributed by atoms with Crippen molar-refractivity contribution in [3.05, 3.63) is 63.9 Å². The van der Waals surface area contributed by atoms with Crippen LogP contribution >= 0.6 is 23.2 Å². The SMILES string of the molecule is CC(NC(=O)c1ccnc(Cl)c1)c1cccc(Cl)c1. The second-order valence-corrected chi connectivity index (χ2v) is 4.94. The van der Waals surface area contributed by atoms with Crippen LogP contribution in [0.1, 0.15) is 28.9 Å². The number of nitrogens with zero attached hydrogens (tertiary/aromatic N) is 1. The molecule has 2 rings (SSSR count). The summed E-state index contributed by atoms with van der Waals surface area (Å²) in [5, 5.41) is 3.82. The lowest BCUT2D eigenvalue weighted by Crippen LogP contribution is -2.26. The summed E-state index contributed by atoms with van der Waals surface area (Å²) in [5.41, 5.74) is 1.43. The molecule has 0 radical (unpaired) electrons. The van der Waals surface area contributed by atoms with Gasteiger partial charge in [-0.1, -0.05) is 35.3 Å². The summed E-state index contributed by atoms with van der Waals surface area (Å²) in [4.78, 5) is 15.9. The topological polar surface area (TPSA) is 42.0 Å². The van der Waals surface area contributed by atoms with Gasteiger partial charge in [-0.25, -0.2) is 4.98 Å². The van der Waals surface area contributed by atoms with E-state index < -0.39 is 0 Å². The van der Waals surface area contributed by atoms with Crippen molar-refractivity contribution < 1.29 is 4.79 Å². The highest BCUT2D eigenvalue weighted by atomic mass is 35.5. The molecule has 2 aromatic rings. The number of halogens is 2. The Kier molecular flexibility index (Phi) is 4.40. The molecule has 0 aliphatic carbocycles. The van der Waals surface area contributed by atoms with Crippen LogP contribution in [0.2, 0.25) is 10.2 Å². The highest BCUT2D eigenvalue weighted by Crippen LogP contribution is 2.18. The van der Waals surface area contributed by atoms with Crippen molar-refractivity contribution in [2.75, 3.05) is 0 Å². The molecule has 1 aromatic heterocycles. The molecule has 0 aliphatic rings. The van der Waals surface area contributed by atoms with Crippen LogP contribution in [0.4, 0.5) is 0 Å². The van der Waals surface area contributed by atoms with Crippen molar-refractivity contribution in [1.29, 1.82) is 0 Å². The van der Waals surface area contributed by atoms with E-state index in [0.29, 0.717) is 15.7 Å². The Morgan fingerprint density at radius 2 is 2.05 bits per heavy atom. The summed E-state index contributed by atoms with van der Waals surface area (Å²) < 4.78 is 0. The van der Waals surface area contributed by atoms with Gasteiger partial charge in [0.2, 0.25) is 0 Å². The largest absolute Gasteiger partial charge is 0.346 e. The van der Waals surface area contributed by atoms with Crippen LogP contribution in [0.3, 0.4) is 0 Å². The van der Waals surface area contributed by atoms with Gasteiger partial charge in [0.25, 0.3) is 5.91 Å². The van der Waals surface area contributed by atoms with Gasteiger partial charge in [-0.15, -0.1) is 0 Å². The molecule has 0 bridgehead atoms. The molecular weight excluding hydrogens is 283 g/mol. The molecule has 1 aromatic carbocycles. The number of rotatable bonds is 3. The van der Waals surface area contributed by atoms with Gasteiger partial charge < -0.3 is 5.32 Å². The van der Waals surface area contributed by atoms with Crippen LogP contribution in [0.15, 0.2) is 42.6 Å². The maximum absolute atomic E-state index is 12.0. The Bertz CT molecular complexity index is 602. The lowest BCUT2D eigenvalue weighted by atomic mass is 10.1. The fraction of sp³-hybridized carbons (Fsp3) is 0.143. The Morgan fingerprint density at radius 3 is 2.74 bits per heavy atom. The second-order valence-electron chi connectivity index (χ2n) is 4.12. The summed E-state index contributed by atoms with van der Waals surface area (Å²) in [6, 6.07) is 10.4. The Morgan fingerprint density at radius 1 is 1.26 bits per heavy atom. The highest BCUT2D eigenvalue weighted by Gasteiger charge is 2.12. The molecule has 1 unspecified atom stereocenters. The zero-order valence-electron chi connectivity index (χ0n) is 10.2. The molecule has 3 nitrogen and oxygen atoms in total. The fourth-order valence-corrected chi connectivity index (χ4v) is 2.06. The Hall–Kier alpha value is -1.58. The monoisotopic (exact) mass is 294 g/mol. The minimum absolute atomic E-state index is 0.141. The third kappa shape index (κ3) is 3.69. The van der Waals surface area contributed by atoms with Gasteiger partial charge in [0.05, 0.1) is 6.04 Å². The minimum atomic E-state index is -0.197. The number of carbonyl (C=O) groups excluding carboxylic acids is 1. The molecule has 0 saturated carbocycles. The molecule has 0 spiro atoms. The van der Waals surface area contributed by atoms with Crippen molar-refractivity contribution >= 4 is 29.1 Å². The van der Waals surface area contributed by atoms with E-state index in [1.807, 2.05) is 25.1 Å². The average Bonchev–Trinajstić information content (AvgIpc) is 2.38. The first kappa shape index (κ1) is 13.8. The number of hydrogen-bond acceptors (Lipinski definition) is 2. The zero-order valence-corrected chi connectivity index (χ0v) is 11.7. The van der Waals surface area contributed by atoms with Crippen LogP contribution in [-0.2, 0) is 0 Å². The van der Waals surface area contributed by atoms with Gasteiger partial charge in [-0.2, -0.15) is 0 Å². The first-order valence-electron chi connectivity index (χ1n) is 5.74. The summed E-state index contributed by atoms with van der Waals surface area (Å²) in [6.45, 7) is 1.90. The van der Waals surface area contributed by atoms with Gasteiger partial charge in [0.1, 0.15) is 5.15 Å². The molecule has 5 heteroatoms. The van der Waals surface area contributed by atoms with E-state index in [4.69, 9.17) is 23.2 Å². The van der Waals surface area contributed by atoms with Gasteiger partial charge in [-0.05, 0) is 36.8 Å². The Balaban J connectivity index is 2.11. The lowest BCUT2D eigenvalue weighted by molar-refractivity contribution is 0.0940. The zero-order chi connectivity index (χ0) is 13.8. The molecule has 1 atom stereocenters. The van der Waals surface area contributed by atoms with Crippen LogP contribution in [0, 0.1) is 0 Å². The predicted octanol–water partition coefficient (Wildman–Crippen LogP) is 3.88. The highest BCUT2D eigenvalue weighted by molar-refractivity contribution is 6.30. The molecule has 19 heavy (non-hydrogen) atoms. The number of aromatic nitrogens is 1. The number of amides is 1. The van der Waals surface area contributed by atoms with Gasteiger partial charge in [-0.3, -0.25) is 4.79 Å². The van der Waals surface area contributed by atoms with Gasteiger partial charge in [0.15, 0.2) is 0 Å². The Labute approximate surface area is 121 Å². The van der Waals surface area contributed by atoms with E-state index in [1.54, 1.807) is 12.1 Å². The second kappa shape index (κ2) is 6.04. The summed E-state index contributed by atoms with van der Waals surface area (Å²) in [7, 11) is 0. The van der Waals surface area contributed by atoms with Crippen molar-refractivity contribution in [2.24, 2.45) is 0 Å². The van der Waals surface area contributed by atoms with Crippen LogP contribution < -0.4 is 5.32 Å². The molecule has 0 saturated heterocycles. The van der Waals surface area contributed by atoms with Gasteiger partial charge >= 0.3 is 0 Å². The van der Waals surface area contributed by atoms with Crippen molar-refractivity contribution in [3.8, 4) is 0 Å². The van der Waals surface area contributed by atoms with Crippen molar-refractivity contribution in [1.82, 2.24) is 10.3 Å². The first-order valence-corrected chi connectivity index (χ1v) is 6.50. The third-order valence-corrected chi connectivity index (χ3v) is 3.13. The van der Waals surface area contributed by atoms with Crippen LogP contribution in [-0.4, -0.2) is 10.9 Å². The standard InChI is InChI=1S/C14H12Cl2N2O/c1-9(10-3-2-4-12(15)7-10)18-14(19)11-5-6-17-13(16)8-11/h2-9H,1H3,(H,18,19). The molecule has 1 N–H and O–H groups in total. The summed E-state index contributed by atoms with van der Waals surface area (Å²) in [6.07, 6.45) is 1.50. The lowest BCUT2D eigenvalue weighted by Gasteiger charge is -2.14. The number of pyridine rings is 1. The van der Waals surface area contributed by atoms with Crippen LogP contribution in [0.5, 0.6) is 0 Å². The van der Waals surface area contributed by atoms with E-state index in [0.717, 1.165) is 5.56 Å². The first-order chi connectivity index (χ1) is 9.06. The maximum Gasteiger partial charge on any atom is 0.251 e. The molecule has 1 amide bonds.